The molecule has 1 fully saturated rings. The third-order valence-electron chi connectivity index (χ3n) is 3.83. The van der Waals surface area contributed by atoms with Crippen LogP contribution in [0.1, 0.15) is 33.7 Å². The van der Waals surface area contributed by atoms with Gasteiger partial charge in [0.05, 0.1) is 24.4 Å². The predicted molar refractivity (Wildman–Crippen MR) is 80.6 cm³/mol. The molecule has 0 saturated heterocycles. The van der Waals surface area contributed by atoms with Gasteiger partial charge in [-0.3, -0.25) is 4.79 Å². The number of rotatable bonds is 6. The molecule has 0 bridgehead atoms. The maximum Gasteiger partial charge on any atom is 0.263 e. The fourth-order valence-electron chi connectivity index (χ4n) is 2.60. The van der Waals surface area contributed by atoms with Gasteiger partial charge in [0.2, 0.25) is 0 Å². The smallest absolute Gasteiger partial charge is 0.263 e. The maximum atomic E-state index is 12.3. The lowest BCUT2D eigenvalue weighted by molar-refractivity contribution is 0.000150. The summed E-state index contributed by atoms with van der Waals surface area (Å²) < 4.78 is 5.28. The highest BCUT2D eigenvalue weighted by Gasteiger charge is 2.42. The quantitative estimate of drug-likeness (QED) is 0.576. The van der Waals surface area contributed by atoms with Crippen LogP contribution in [0.3, 0.4) is 0 Å². The van der Waals surface area contributed by atoms with E-state index in [0.29, 0.717) is 30.2 Å². The van der Waals surface area contributed by atoms with Gasteiger partial charge in [-0.25, -0.2) is 4.98 Å². The zero-order valence-electron chi connectivity index (χ0n) is 12.7. The number of aryl methyl sites for hydroxylation is 1. The molecule has 1 aliphatic rings. The van der Waals surface area contributed by atoms with Crippen molar-refractivity contribution in [3.8, 4) is 0 Å². The summed E-state index contributed by atoms with van der Waals surface area (Å²) in [6, 6.07) is -0.573. The Morgan fingerprint density at radius 3 is 2.77 bits per heavy atom. The molecule has 2 rings (SSSR count). The third kappa shape index (κ3) is 3.64. The first-order valence-corrected chi connectivity index (χ1v) is 8.11. The minimum absolute atomic E-state index is 0.220. The molecule has 0 aliphatic heterocycles. The lowest BCUT2D eigenvalue weighted by Gasteiger charge is -2.17. The number of ether oxygens (including phenoxy) is 1. The van der Waals surface area contributed by atoms with Crippen LogP contribution in [0.25, 0.3) is 0 Å². The number of thiazole rings is 1. The Labute approximate surface area is 133 Å². The number of hydrogen-bond donors (Lipinski definition) is 4. The summed E-state index contributed by atoms with van der Waals surface area (Å²) in [7, 11) is 0. The number of carbonyl (C=O) groups excluding carboxylic acids is 1. The molecule has 7 nitrogen and oxygen atoms in total. The lowest BCUT2D eigenvalue weighted by Crippen LogP contribution is -2.43. The van der Waals surface area contributed by atoms with Crippen LogP contribution in [0, 0.1) is 12.8 Å². The Kier molecular flexibility index (Phi) is 5.87. The van der Waals surface area contributed by atoms with Gasteiger partial charge in [0.25, 0.3) is 5.91 Å². The van der Waals surface area contributed by atoms with Crippen LogP contribution >= 0.6 is 11.3 Å². The largest absolute Gasteiger partial charge is 0.396 e. The van der Waals surface area contributed by atoms with E-state index in [-0.39, 0.29) is 12.5 Å². The van der Waals surface area contributed by atoms with Crippen molar-refractivity contribution in [3.05, 3.63) is 15.6 Å². The molecule has 1 heterocycles. The first kappa shape index (κ1) is 17.3. The van der Waals surface area contributed by atoms with Crippen molar-refractivity contribution in [1.29, 1.82) is 0 Å². The van der Waals surface area contributed by atoms with Crippen LogP contribution in [0.15, 0.2) is 0 Å². The highest BCUT2D eigenvalue weighted by atomic mass is 32.1. The van der Waals surface area contributed by atoms with Crippen molar-refractivity contribution in [2.24, 2.45) is 5.92 Å². The van der Waals surface area contributed by atoms with Crippen molar-refractivity contribution >= 4 is 17.2 Å². The molecule has 1 aromatic heterocycles. The van der Waals surface area contributed by atoms with Gasteiger partial charge in [0.15, 0.2) is 0 Å². The number of amides is 1. The predicted octanol–water partition coefficient (Wildman–Crippen LogP) is -0.180. The Bertz CT molecular complexity index is 521. The Balaban J connectivity index is 2.02. The second kappa shape index (κ2) is 7.47. The van der Waals surface area contributed by atoms with Gasteiger partial charge >= 0.3 is 0 Å². The average Bonchev–Trinajstić information content (AvgIpc) is 3.00. The molecular formula is C14H22N2O5S. The summed E-state index contributed by atoms with van der Waals surface area (Å²) in [4.78, 5) is 17.1. The second-order valence-corrected chi connectivity index (χ2v) is 6.48. The van der Waals surface area contributed by atoms with Crippen molar-refractivity contribution in [2.75, 3.05) is 13.2 Å². The molecular weight excluding hydrogens is 308 g/mol. The zero-order valence-corrected chi connectivity index (χ0v) is 13.5. The minimum Gasteiger partial charge on any atom is -0.396 e. The van der Waals surface area contributed by atoms with Crippen molar-refractivity contribution in [3.63, 3.8) is 0 Å². The summed E-state index contributed by atoms with van der Waals surface area (Å²) in [5.41, 5.74) is 0.615. The van der Waals surface area contributed by atoms with Crippen LogP contribution in [-0.2, 0) is 11.3 Å². The van der Waals surface area contributed by atoms with E-state index in [2.05, 4.69) is 10.3 Å². The molecule has 8 heteroatoms. The normalized spacial score (nSPS) is 28.0. The number of nitrogens with one attached hydrogen (secondary N) is 1. The van der Waals surface area contributed by atoms with Crippen molar-refractivity contribution in [2.45, 2.75) is 45.1 Å². The molecule has 4 atom stereocenters. The average molecular weight is 330 g/mol. The van der Waals surface area contributed by atoms with Crippen LogP contribution in [-0.4, -0.2) is 57.7 Å². The number of nitrogens with zero attached hydrogens (tertiary/aromatic N) is 1. The van der Waals surface area contributed by atoms with E-state index in [1.807, 2.05) is 6.92 Å². The topological polar surface area (TPSA) is 112 Å². The van der Waals surface area contributed by atoms with E-state index < -0.39 is 24.2 Å². The molecule has 0 unspecified atom stereocenters. The fourth-order valence-corrected chi connectivity index (χ4v) is 3.50. The molecule has 1 aliphatic carbocycles. The van der Waals surface area contributed by atoms with E-state index in [0.717, 1.165) is 5.01 Å². The van der Waals surface area contributed by atoms with E-state index >= 15 is 0 Å². The lowest BCUT2D eigenvalue weighted by atomic mass is 10.1. The van der Waals surface area contributed by atoms with Gasteiger partial charge in [0, 0.05) is 19.1 Å². The molecule has 0 radical (unpaired) electrons. The molecule has 22 heavy (non-hydrogen) atoms. The molecule has 1 aromatic rings. The SMILES string of the molecule is CCOCc1nc(C)c(C(=O)N[C@@H]2C[C@H](CO)[C@@H](O)[C@H]2O)s1. The molecule has 4 N–H and O–H groups in total. The zero-order chi connectivity index (χ0) is 16.3. The standard InChI is InChI=1S/C14H22N2O5S/c1-3-21-6-10-15-7(2)13(22-10)14(20)16-9-4-8(5-17)11(18)12(9)19/h8-9,11-12,17-19H,3-6H2,1-2H3,(H,16,20)/t8-,9-,11-,12+/m1/s1. The first-order valence-electron chi connectivity index (χ1n) is 7.29. The molecule has 0 aromatic carbocycles. The number of hydrogen-bond acceptors (Lipinski definition) is 7. The first-order chi connectivity index (χ1) is 10.5. The number of aliphatic hydroxyl groups is 3. The summed E-state index contributed by atoms with van der Waals surface area (Å²) in [6.45, 7) is 4.36. The van der Waals surface area contributed by atoms with Gasteiger partial charge in [-0.1, -0.05) is 0 Å². The highest BCUT2D eigenvalue weighted by molar-refractivity contribution is 7.13. The molecule has 1 amide bonds. The molecule has 0 spiro atoms. The van der Waals surface area contributed by atoms with E-state index in [4.69, 9.17) is 9.84 Å². The van der Waals surface area contributed by atoms with Crippen molar-refractivity contribution < 1.29 is 24.9 Å². The second-order valence-electron chi connectivity index (χ2n) is 5.40. The van der Waals surface area contributed by atoms with Gasteiger partial charge in [-0.15, -0.1) is 11.3 Å². The Hall–Kier alpha value is -1.06. The van der Waals surface area contributed by atoms with E-state index in [9.17, 15) is 15.0 Å². The summed E-state index contributed by atoms with van der Waals surface area (Å²) in [6.07, 6.45) is -1.75. The minimum atomic E-state index is -1.07. The number of aromatic nitrogens is 1. The maximum absolute atomic E-state index is 12.3. The van der Waals surface area contributed by atoms with Crippen LogP contribution in [0.2, 0.25) is 0 Å². The van der Waals surface area contributed by atoms with Gasteiger partial charge in [0.1, 0.15) is 16.0 Å². The number of aliphatic hydroxyl groups excluding tert-OH is 3. The van der Waals surface area contributed by atoms with Crippen molar-refractivity contribution in [1.82, 2.24) is 10.3 Å². The van der Waals surface area contributed by atoms with Crippen LogP contribution < -0.4 is 5.32 Å². The fraction of sp³-hybridized carbons (Fsp3) is 0.714. The van der Waals surface area contributed by atoms with Gasteiger partial charge in [-0.05, 0) is 20.3 Å². The summed E-state index contributed by atoms with van der Waals surface area (Å²) in [5, 5.41) is 32.3. The Morgan fingerprint density at radius 1 is 1.45 bits per heavy atom. The van der Waals surface area contributed by atoms with Crippen LogP contribution in [0.4, 0.5) is 0 Å². The molecule has 124 valence electrons. The van der Waals surface area contributed by atoms with E-state index in [1.165, 1.54) is 11.3 Å². The Morgan fingerprint density at radius 2 is 2.18 bits per heavy atom. The molecule has 1 saturated carbocycles. The van der Waals surface area contributed by atoms with Crippen LogP contribution in [0.5, 0.6) is 0 Å². The summed E-state index contributed by atoms with van der Waals surface area (Å²) >= 11 is 1.26. The number of carbonyl (C=O) groups is 1. The summed E-state index contributed by atoms with van der Waals surface area (Å²) in [5.74, 6) is -0.746. The third-order valence-corrected chi connectivity index (χ3v) is 4.96. The van der Waals surface area contributed by atoms with E-state index in [1.54, 1.807) is 6.92 Å². The van der Waals surface area contributed by atoms with Gasteiger partial charge in [-0.2, -0.15) is 0 Å². The monoisotopic (exact) mass is 330 g/mol. The van der Waals surface area contributed by atoms with Gasteiger partial charge < -0.3 is 25.4 Å². The highest BCUT2D eigenvalue weighted by Crippen LogP contribution is 2.27.